The van der Waals surface area contributed by atoms with Gasteiger partial charge in [-0.3, -0.25) is 9.69 Å². The van der Waals surface area contributed by atoms with E-state index in [0.29, 0.717) is 51.9 Å². The van der Waals surface area contributed by atoms with E-state index in [2.05, 4.69) is 33.9 Å². The fraction of sp³-hybridized carbons (Fsp3) is 0.682. The SMILES string of the molecule is CCCOc1ccc(CN=C(NCC)N2CCN(CC(=O)N3CCOCC3)CC2)cn1.I. The predicted octanol–water partition coefficient (Wildman–Crippen LogP) is 1.43. The minimum atomic E-state index is 0. The summed E-state index contributed by atoms with van der Waals surface area (Å²) >= 11 is 0. The summed E-state index contributed by atoms with van der Waals surface area (Å²) in [6.07, 6.45) is 2.79. The van der Waals surface area contributed by atoms with Gasteiger partial charge in [0.15, 0.2) is 5.96 Å². The number of aliphatic imine (C=N–C) groups is 1. The summed E-state index contributed by atoms with van der Waals surface area (Å²) in [6, 6.07) is 3.91. The smallest absolute Gasteiger partial charge is 0.236 e. The average molecular weight is 560 g/mol. The Kier molecular flexibility index (Phi) is 12.0. The summed E-state index contributed by atoms with van der Waals surface area (Å²) in [7, 11) is 0. The lowest BCUT2D eigenvalue weighted by Crippen LogP contribution is -2.54. The van der Waals surface area contributed by atoms with Crippen molar-refractivity contribution in [1.82, 2.24) is 25.0 Å². The third-order valence-electron chi connectivity index (χ3n) is 5.39. The number of nitrogens with zero attached hydrogens (tertiary/aromatic N) is 5. The van der Waals surface area contributed by atoms with E-state index in [1.165, 1.54) is 0 Å². The highest BCUT2D eigenvalue weighted by Crippen LogP contribution is 2.10. The van der Waals surface area contributed by atoms with Gasteiger partial charge in [-0.2, -0.15) is 0 Å². The molecule has 32 heavy (non-hydrogen) atoms. The van der Waals surface area contributed by atoms with Crippen LogP contribution in [0.5, 0.6) is 5.88 Å². The Morgan fingerprint density at radius 1 is 1.12 bits per heavy atom. The molecule has 0 saturated carbocycles. The maximum Gasteiger partial charge on any atom is 0.236 e. The minimum absolute atomic E-state index is 0. The van der Waals surface area contributed by atoms with Gasteiger partial charge in [-0.15, -0.1) is 24.0 Å². The van der Waals surface area contributed by atoms with Crippen LogP contribution in [0.25, 0.3) is 0 Å². The number of hydrogen-bond donors (Lipinski definition) is 1. The monoisotopic (exact) mass is 560 g/mol. The summed E-state index contributed by atoms with van der Waals surface area (Å²) in [5.74, 6) is 1.77. The highest BCUT2D eigenvalue weighted by molar-refractivity contribution is 14.0. The van der Waals surface area contributed by atoms with E-state index < -0.39 is 0 Å². The van der Waals surface area contributed by atoms with Crippen LogP contribution >= 0.6 is 24.0 Å². The van der Waals surface area contributed by atoms with E-state index >= 15 is 0 Å². The maximum absolute atomic E-state index is 12.5. The first kappa shape index (κ1) is 26.6. The Hall–Kier alpha value is -1.66. The Labute approximate surface area is 208 Å². The molecule has 0 radical (unpaired) electrons. The first-order valence-electron chi connectivity index (χ1n) is 11.4. The molecular formula is C22H37IN6O3. The minimum Gasteiger partial charge on any atom is -0.478 e. The lowest BCUT2D eigenvalue weighted by molar-refractivity contribution is -0.136. The number of halogens is 1. The van der Waals surface area contributed by atoms with Crippen LogP contribution in [0.3, 0.4) is 0 Å². The number of guanidine groups is 1. The van der Waals surface area contributed by atoms with Crippen molar-refractivity contribution >= 4 is 35.8 Å². The van der Waals surface area contributed by atoms with E-state index in [9.17, 15) is 4.79 Å². The van der Waals surface area contributed by atoms with Gasteiger partial charge in [0.05, 0.1) is 32.9 Å². The van der Waals surface area contributed by atoms with Crippen molar-refractivity contribution in [3.05, 3.63) is 23.9 Å². The lowest BCUT2D eigenvalue weighted by atomic mass is 10.3. The molecule has 1 N–H and O–H groups in total. The van der Waals surface area contributed by atoms with Crippen LogP contribution in [0.4, 0.5) is 0 Å². The van der Waals surface area contributed by atoms with Gasteiger partial charge in [-0.05, 0) is 18.9 Å². The molecule has 2 aliphatic rings. The molecular weight excluding hydrogens is 523 g/mol. The second-order valence-electron chi connectivity index (χ2n) is 7.78. The van der Waals surface area contributed by atoms with Crippen molar-refractivity contribution in [2.75, 3.05) is 72.2 Å². The van der Waals surface area contributed by atoms with E-state index in [1.54, 1.807) is 0 Å². The van der Waals surface area contributed by atoms with Crippen molar-refractivity contribution in [3.63, 3.8) is 0 Å². The zero-order valence-corrected chi connectivity index (χ0v) is 21.6. The van der Waals surface area contributed by atoms with Crippen LogP contribution in [0.1, 0.15) is 25.8 Å². The first-order chi connectivity index (χ1) is 15.2. The predicted molar refractivity (Wildman–Crippen MR) is 136 cm³/mol. The molecule has 1 aromatic heterocycles. The van der Waals surface area contributed by atoms with Gasteiger partial charge in [0.25, 0.3) is 0 Å². The van der Waals surface area contributed by atoms with Crippen LogP contribution in [0.15, 0.2) is 23.3 Å². The quantitative estimate of drug-likeness (QED) is 0.293. The van der Waals surface area contributed by atoms with Crippen LogP contribution in [-0.2, 0) is 16.1 Å². The van der Waals surface area contributed by atoms with E-state index in [4.69, 9.17) is 14.5 Å². The van der Waals surface area contributed by atoms with Crippen LogP contribution in [-0.4, -0.2) is 104 Å². The lowest BCUT2D eigenvalue weighted by Gasteiger charge is -2.37. The molecule has 3 rings (SSSR count). The number of pyridine rings is 1. The molecule has 1 aromatic rings. The van der Waals surface area contributed by atoms with Gasteiger partial charge in [0.1, 0.15) is 0 Å². The summed E-state index contributed by atoms with van der Waals surface area (Å²) in [5.41, 5.74) is 1.05. The Balaban J connectivity index is 0.00000363. The number of piperazine rings is 1. The van der Waals surface area contributed by atoms with Gasteiger partial charge in [-0.1, -0.05) is 13.0 Å². The first-order valence-corrected chi connectivity index (χ1v) is 11.4. The third kappa shape index (κ3) is 8.36. The zero-order chi connectivity index (χ0) is 21.9. The fourth-order valence-electron chi connectivity index (χ4n) is 3.61. The number of rotatable bonds is 8. The van der Waals surface area contributed by atoms with E-state index in [-0.39, 0.29) is 29.9 Å². The largest absolute Gasteiger partial charge is 0.478 e. The second-order valence-corrected chi connectivity index (χ2v) is 7.78. The summed E-state index contributed by atoms with van der Waals surface area (Å²) in [6.45, 7) is 12.8. The Bertz CT molecular complexity index is 704. The molecule has 0 bridgehead atoms. The normalized spacial score (nSPS) is 17.6. The topological polar surface area (TPSA) is 82.5 Å². The van der Waals surface area contributed by atoms with Gasteiger partial charge < -0.3 is 24.6 Å². The highest BCUT2D eigenvalue weighted by Gasteiger charge is 2.24. The molecule has 3 heterocycles. The molecule has 2 fully saturated rings. The summed E-state index contributed by atoms with van der Waals surface area (Å²) in [5, 5.41) is 3.39. The van der Waals surface area contributed by atoms with Gasteiger partial charge in [0, 0.05) is 58.1 Å². The van der Waals surface area contributed by atoms with Crippen LogP contribution in [0, 0.1) is 0 Å². The summed E-state index contributed by atoms with van der Waals surface area (Å²) in [4.78, 5) is 28.1. The molecule has 10 heteroatoms. The van der Waals surface area contributed by atoms with Crippen molar-refractivity contribution in [2.45, 2.75) is 26.8 Å². The van der Waals surface area contributed by atoms with Gasteiger partial charge >= 0.3 is 0 Å². The molecule has 180 valence electrons. The molecule has 0 spiro atoms. The Morgan fingerprint density at radius 2 is 1.88 bits per heavy atom. The number of ether oxygens (including phenoxy) is 2. The molecule has 1 amide bonds. The Morgan fingerprint density at radius 3 is 2.50 bits per heavy atom. The van der Waals surface area contributed by atoms with Crippen molar-refractivity contribution in [1.29, 1.82) is 0 Å². The van der Waals surface area contributed by atoms with Crippen molar-refractivity contribution in [3.8, 4) is 5.88 Å². The van der Waals surface area contributed by atoms with Gasteiger partial charge in [0.2, 0.25) is 11.8 Å². The molecule has 9 nitrogen and oxygen atoms in total. The van der Waals surface area contributed by atoms with Crippen LogP contribution < -0.4 is 10.1 Å². The number of hydrogen-bond acceptors (Lipinski definition) is 6. The van der Waals surface area contributed by atoms with E-state index in [0.717, 1.165) is 50.7 Å². The molecule has 0 atom stereocenters. The highest BCUT2D eigenvalue weighted by atomic mass is 127. The number of morpholine rings is 1. The number of amides is 1. The molecule has 2 saturated heterocycles. The van der Waals surface area contributed by atoms with Crippen molar-refractivity contribution < 1.29 is 14.3 Å². The molecule has 0 aromatic carbocycles. The molecule has 0 aliphatic carbocycles. The fourth-order valence-corrected chi connectivity index (χ4v) is 3.61. The second kappa shape index (κ2) is 14.5. The molecule has 0 unspecified atom stereocenters. The summed E-state index contributed by atoms with van der Waals surface area (Å²) < 4.78 is 10.9. The standard InChI is InChI=1S/C22H36N6O3.HI/c1-3-13-31-20-6-5-19(16-24-20)17-25-22(23-4-2)28-9-7-26(8-10-28)18-21(29)27-11-14-30-15-12-27;/h5-6,16H,3-4,7-15,17-18H2,1-2H3,(H,23,25);1H. The van der Waals surface area contributed by atoms with Crippen molar-refractivity contribution in [2.24, 2.45) is 4.99 Å². The van der Waals surface area contributed by atoms with Gasteiger partial charge in [-0.25, -0.2) is 9.98 Å². The number of carbonyl (C=O) groups excluding carboxylic acids is 1. The third-order valence-corrected chi connectivity index (χ3v) is 5.39. The maximum atomic E-state index is 12.5. The average Bonchev–Trinajstić information content (AvgIpc) is 2.82. The number of nitrogens with one attached hydrogen (secondary N) is 1. The molecule has 2 aliphatic heterocycles. The zero-order valence-electron chi connectivity index (χ0n) is 19.3. The van der Waals surface area contributed by atoms with Crippen LogP contribution in [0.2, 0.25) is 0 Å². The number of aromatic nitrogens is 1. The number of carbonyl (C=O) groups is 1. The van der Waals surface area contributed by atoms with E-state index in [1.807, 2.05) is 23.2 Å².